The molecule has 0 unspecified atom stereocenters. The number of nitrogens with one attached hydrogen (secondary N) is 1. The van der Waals surface area contributed by atoms with Gasteiger partial charge in [0.15, 0.2) is 17.2 Å². The first kappa shape index (κ1) is 25.3. The lowest BCUT2D eigenvalue weighted by atomic mass is 10.2. The van der Waals surface area contributed by atoms with E-state index in [2.05, 4.69) is 5.32 Å². The monoisotopic (exact) mass is 506 g/mol. The quantitative estimate of drug-likeness (QED) is 0.394. The molecule has 1 amide bonds. The predicted molar refractivity (Wildman–Crippen MR) is 131 cm³/mol. The SMILES string of the molecule is COc1ccccc1Oc1ccc(Cl)cc1NC(=O)CCCN(c1ccccc1F)S(C)(=O)=O. The predicted octanol–water partition coefficient (Wildman–Crippen LogP) is 5.46. The van der Waals surface area contributed by atoms with E-state index in [-0.39, 0.29) is 31.0 Å². The number of nitrogens with zero attached hydrogens (tertiary/aromatic N) is 1. The van der Waals surface area contributed by atoms with Gasteiger partial charge in [-0.15, -0.1) is 0 Å². The van der Waals surface area contributed by atoms with Crippen LogP contribution in [0.5, 0.6) is 17.2 Å². The lowest BCUT2D eigenvalue weighted by molar-refractivity contribution is -0.116. The molecule has 10 heteroatoms. The van der Waals surface area contributed by atoms with E-state index >= 15 is 0 Å². The number of ether oxygens (including phenoxy) is 2. The Labute approximate surface area is 203 Å². The van der Waals surface area contributed by atoms with E-state index in [9.17, 15) is 17.6 Å². The smallest absolute Gasteiger partial charge is 0.232 e. The Bertz CT molecular complexity index is 1270. The van der Waals surface area contributed by atoms with Crippen LogP contribution in [-0.2, 0) is 14.8 Å². The maximum Gasteiger partial charge on any atom is 0.232 e. The minimum atomic E-state index is -3.74. The van der Waals surface area contributed by atoms with Crippen molar-refractivity contribution in [3.63, 3.8) is 0 Å². The average molecular weight is 507 g/mol. The van der Waals surface area contributed by atoms with Gasteiger partial charge >= 0.3 is 0 Å². The molecule has 3 aromatic carbocycles. The molecule has 0 saturated heterocycles. The molecular weight excluding hydrogens is 483 g/mol. The van der Waals surface area contributed by atoms with Gasteiger partial charge in [-0.1, -0.05) is 35.9 Å². The van der Waals surface area contributed by atoms with Crippen LogP contribution in [0.1, 0.15) is 12.8 Å². The zero-order valence-electron chi connectivity index (χ0n) is 18.6. The molecule has 3 aromatic rings. The number of hydrogen-bond acceptors (Lipinski definition) is 5. The summed E-state index contributed by atoms with van der Waals surface area (Å²) >= 11 is 6.10. The Morgan fingerprint density at radius 3 is 2.38 bits per heavy atom. The van der Waals surface area contributed by atoms with E-state index in [0.29, 0.717) is 28.0 Å². The first-order chi connectivity index (χ1) is 16.2. The van der Waals surface area contributed by atoms with Crippen molar-refractivity contribution >= 4 is 38.9 Å². The summed E-state index contributed by atoms with van der Waals surface area (Å²) in [6.07, 6.45) is 1.14. The van der Waals surface area contributed by atoms with Crippen LogP contribution in [0.25, 0.3) is 0 Å². The third kappa shape index (κ3) is 6.61. The van der Waals surface area contributed by atoms with E-state index < -0.39 is 15.8 Å². The van der Waals surface area contributed by atoms with E-state index in [1.54, 1.807) is 48.5 Å². The first-order valence-corrected chi connectivity index (χ1v) is 12.5. The standard InChI is InChI=1S/C24H24ClFN2O5S/c1-32-22-10-5-6-11-23(22)33-21-14-13-17(25)16-19(21)27-24(29)12-7-15-28(34(2,30)31)20-9-4-3-8-18(20)26/h3-6,8-11,13-14,16H,7,12,15H2,1-2H3,(H,27,29). The van der Waals surface area contributed by atoms with Crippen molar-refractivity contribution in [1.29, 1.82) is 0 Å². The molecule has 0 atom stereocenters. The molecule has 0 aromatic heterocycles. The highest BCUT2D eigenvalue weighted by Gasteiger charge is 2.21. The van der Waals surface area contributed by atoms with E-state index in [1.165, 1.54) is 25.3 Å². The summed E-state index contributed by atoms with van der Waals surface area (Å²) in [5, 5.41) is 3.14. The summed E-state index contributed by atoms with van der Waals surface area (Å²) in [4.78, 5) is 12.6. The maximum atomic E-state index is 14.1. The number of anilines is 2. The minimum Gasteiger partial charge on any atom is -0.493 e. The molecule has 0 fully saturated rings. The lowest BCUT2D eigenvalue weighted by Crippen LogP contribution is -2.32. The highest BCUT2D eigenvalue weighted by atomic mass is 35.5. The summed E-state index contributed by atoms with van der Waals surface area (Å²) in [6, 6.07) is 17.4. The summed E-state index contributed by atoms with van der Waals surface area (Å²) in [5.41, 5.74) is 0.283. The Kier molecular flexibility index (Phi) is 8.36. The van der Waals surface area contributed by atoms with Gasteiger partial charge in [0, 0.05) is 18.0 Å². The minimum absolute atomic E-state index is 0.0128. The maximum absolute atomic E-state index is 14.1. The van der Waals surface area contributed by atoms with Gasteiger partial charge < -0.3 is 14.8 Å². The number of benzene rings is 3. The van der Waals surface area contributed by atoms with Crippen LogP contribution in [0.15, 0.2) is 66.7 Å². The number of amides is 1. The molecular formula is C24H24ClFN2O5S. The first-order valence-electron chi connectivity index (χ1n) is 10.3. The third-order valence-electron chi connectivity index (χ3n) is 4.79. The van der Waals surface area contributed by atoms with Crippen molar-refractivity contribution in [3.05, 3.63) is 77.6 Å². The molecule has 34 heavy (non-hydrogen) atoms. The van der Waals surface area contributed by atoms with Gasteiger partial charge in [0.2, 0.25) is 15.9 Å². The number of carbonyl (C=O) groups is 1. The molecule has 0 bridgehead atoms. The molecule has 0 spiro atoms. The molecule has 0 aliphatic heterocycles. The Balaban J connectivity index is 1.69. The Morgan fingerprint density at radius 1 is 1.03 bits per heavy atom. The number of hydrogen-bond donors (Lipinski definition) is 1. The lowest BCUT2D eigenvalue weighted by Gasteiger charge is -2.22. The molecule has 0 heterocycles. The Hall–Kier alpha value is -3.30. The summed E-state index contributed by atoms with van der Waals surface area (Å²) in [5.74, 6) is 0.287. The third-order valence-corrected chi connectivity index (χ3v) is 6.21. The molecule has 7 nitrogen and oxygen atoms in total. The fraction of sp³-hybridized carbons (Fsp3) is 0.208. The van der Waals surface area contributed by atoms with Crippen LogP contribution >= 0.6 is 11.6 Å². The summed E-state index contributed by atoms with van der Waals surface area (Å²) in [7, 11) is -2.22. The summed E-state index contributed by atoms with van der Waals surface area (Å²) < 4.78 is 50.6. The van der Waals surface area contributed by atoms with Crippen molar-refractivity contribution in [1.82, 2.24) is 0 Å². The van der Waals surface area contributed by atoms with Crippen molar-refractivity contribution in [2.24, 2.45) is 0 Å². The second-order valence-electron chi connectivity index (χ2n) is 7.33. The van der Waals surface area contributed by atoms with Crippen molar-refractivity contribution in [3.8, 4) is 17.2 Å². The van der Waals surface area contributed by atoms with Crippen molar-refractivity contribution in [2.75, 3.05) is 29.5 Å². The van der Waals surface area contributed by atoms with Crippen LogP contribution < -0.4 is 19.1 Å². The zero-order valence-corrected chi connectivity index (χ0v) is 20.2. The van der Waals surface area contributed by atoms with Gasteiger partial charge in [0.05, 0.1) is 24.7 Å². The number of sulfonamides is 1. The van der Waals surface area contributed by atoms with E-state index in [0.717, 1.165) is 10.6 Å². The van der Waals surface area contributed by atoms with Gasteiger partial charge in [-0.05, 0) is 48.9 Å². The number of para-hydroxylation sites is 3. The normalized spacial score (nSPS) is 11.1. The van der Waals surface area contributed by atoms with Gasteiger partial charge in [0.25, 0.3) is 0 Å². The molecule has 180 valence electrons. The Morgan fingerprint density at radius 2 is 1.71 bits per heavy atom. The fourth-order valence-electron chi connectivity index (χ4n) is 3.23. The molecule has 0 radical (unpaired) electrons. The van der Waals surface area contributed by atoms with Crippen LogP contribution in [-0.4, -0.2) is 34.2 Å². The van der Waals surface area contributed by atoms with Crippen LogP contribution in [0.2, 0.25) is 5.02 Å². The van der Waals surface area contributed by atoms with E-state index in [1.807, 2.05) is 0 Å². The number of rotatable bonds is 10. The number of halogens is 2. The van der Waals surface area contributed by atoms with Crippen LogP contribution in [0.4, 0.5) is 15.8 Å². The second-order valence-corrected chi connectivity index (χ2v) is 9.67. The zero-order chi connectivity index (χ0) is 24.7. The number of carbonyl (C=O) groups excluding carboxylic acids is 1. The van der Waals surface area contributed by atoms with Gasteiger partial charge in [-0.3, -0.25) is 9.10 Å². The second kappa shape index (κ2) is 11.2. The van der Waals surface area contributed by atoms with Gasteiger partial charge in [0.1, 0.15) is 5.82 Å². The molecule has 0 aliphatic carbocycles. The highest BCUT2D eigenvalue weighted by Crippen LogP contribution is 2.36. The fourth-order valence-corrected chi connectivity index (χ4v) is 4.36. The van der Waals surface area contributed by atoms with Gasteiger partial charge in [-0.25, -0.2) is 12.8 Å². The molecule has 1 N–H and O–H groups in total. The van der Waals surface area contributed by atoms with E-state index in [4.69, 9.17) is 21.1 Å². The molecule has 0 saturated carbocycles. The average Bonchev–Trinajstić information content (AvgIpc) is 2.79. The van der Waals surface area contributed by atoms with Crippen molar-refractivity contribution < 1.29 is 27.1 Å². The highest BCUT2D eigenvalue weighted by molar-refractivity contribution is 7.92. The topological polar surface area (TPSA) is 84.9 Å². The van der Waals surface area contributed by atoms with Crippen LogP contribution in [0.3, 0.4) is 0 Å². The molecule has 3 rings (SSSR count). The van der Waals surface area contributed by atoms with Gasteiger partial charge in [-0.2, -0.15) is 0 Å². The summed E-state index contributed by atoms with van der Waals surface area (Å²) in [6.45, 7) is -0.0622. The number of methoxy groups -OCH3 is 1. The largest absolute Gasteiger partial charge is 0.493 e. The van der Waals surface area contributed by atoms with Crippen LogP contribution in [0, 0.1) is 5.82 Å². The molecule has 0 aliphatic rings. The van der Waals surface area contributed by atoms with Crippen molar-refractivity contribution in [2.45, 2.75) is 12.8 Å².